The van der Waals surface area contributed by atoms with Crippen LogP contribution in [0.15, 0.2) is 6.20 Å². The fourth-order valence-corrected chi connectivity index (χ4v) is 4.15. The van der Waals surface area contributed by atoms with Crippen LogP contribution >= 0.6 is 11.7 Å². The van der Waals surface area contributed by atoms with E-state index in [4.69, 9.17) is 0 Å². The van der Waals surface area contributed by atoms with Crippen LogP contribution in [0.5, 0.6) is 0 Å². The Morgan fingerprint density at radius 1 is 1.60 bits per heavy atom. The van der Waals surface area contributed by atoms with E-state index in [-0.39, 0.29) is 6.04 Å². The lowest BCUT2D eigenvalue weighted by Crippen LogP contribution is -2.40. The van der Waals surface area contributed by atoms with Gasteiger partial charge in [-0.1, -0.05) is 6.92 Å². The van der Waals surface area contributed by atoms with E-state index >= 15 is 0 Å². The Kier molecular flexibility index (Phi) is 5.48. The summed E-state index contributed by atoms with van der Waals surface area (Å²) in [5, 5.41) is 3.42. The first-order chi connectivity index (χ1) is 9.50. The predicted molar refractivity (Wildman–Crippen MR) is 80.1 cm³/mol. The van der Waals surface area contributed by atoms with E-state index in [1.54, 1.807) is 10.5 Å². The monoisotopic (exact) mass is 318 g/mol. The third-order valence-electron chi connectivity index (χ3n) is 3.71. The maximum Gasteiger partial charge on any atom is 0.211 e. The summed E-state index contributed by atoms with van der Waals surface area (Å²) in [4.78, 5) is 0. The molecule has 8 heteroatoms. The average molecular weight is 318 g/mol. The van der Waals surface area contributed by atoms with Crippen molar-refractivity contribution in [3.8, 4) is 0 Å². The van der Waals surface area contributed by atoms with Crippen molar-refractivity contribution < 1.29 is 8.42 Å². The Morgan fingerprint density at radius 2 is 2.40 bits per heavy atom. The van der Waals surface area contributed by atoms with Crippen LogP contribution in [0.1, 0.15) is 37.9 Å². The molecule has 2 rings (SSSR count). The number of nitrogens with one attached hydrogen (secondary N) is 1. The van der Waals surface area contributed by atoms with Gasteiger partial charge in [0.25, 0.3) is 0 Å². The summed E-state index contributed by atoms with van der Waals surface area (Å²) in [6.45, 7) is 4.21. The van der Waals surface area contributed by atoms with Crippen molar-refractivity contribution in [2.45, 2.75) is 32.2 Å². The third kappa shape index (κ3) is 4.21. The predicted octanol–water partition coefficient (Wildman–Crippen LogP) is 1.25. The molecule has 1 aliphatic heterocycles. The molecule has 2 atom stereocenters. The summed E-state index contributed by atoms with van der Waals surface area (Å²) in [5.74, 6) is 0.379. The highest BCUT2D eigenvalue weighted by atomic mass is 32.2. The number of piperidine rings is 1. The first-order valence-corrected chi connectivity index (χ1v) is 9.54. The van der Waals surface area contributed by atoms with E-state index in [2.05, 4.69) is 21.0 Å². The molecule has 0 radical (unpaired) electrons. The topological polar surface area (TPSA) is 75.2 Å². The molecule has 2 heterocycles. The van der Waals surface area contributed by atoms with E-state index in [0.29, 0.717) is 19.0 Å². The van der Waals surface area contributed by atoms with Crippen LogP contribution in [0.25, 0.3) is 0 Å². The highest BCUT2D eigenvalue weighted by Gasteiger charge is 2.28. The molecule has 1 aliphatic rings. The molecular weight excluding hydrogens is 296 g/mol. The van der Waals surface area contributed by atoms with Gasteiger partial charge in [-0.25, -0.2) is 12.7 Å². The highest BCUT2D eigenvalue weighted by Crippen LogP contribution is 2.27. The van der Waals surface area contributed by atoms with Gasteiger partial charge >= 0.3 is 0 Å². The van der Waals surface area contributed by atoms with E-state index in [9.17, 15) is 8.42 Å². The lowest BCUT2D eigenvalue weighted by molar-refractivity contribution is 0.238. The lowest BCUT2D eigenvalue weighted by atomic mass is 9.91. The van der Waals surface area contributed by atoms with Gasteiger partial charge < -0.3 is 5.32 Å². The smallest absolute Gasteiger partial charge is 0.211 e. The second-order valence-electron chi connectivity index (χ2n) is 5.31. The zero-order valence-corrected chi connectivity index (χ0v) is 13.6. The van der Waals surface area contributed by atoms with E-state index < -0.39 is 10.0 Å². The van der Waals surface area contributed by atoms with Crippen molar-refractivity contribution in [2.75, 3.05) is 25.9 Å². The summed E-state index contributed by atoms with van der Waals surface area (Å²) < 4.78 is 33.3. The number of aromatic nitrogens is 2. The molecule has 1 N–H and O–H groups in total. The van der Waals surface area contributed by atoms with Crippen LogP contribution < -0.4 is 5.32 Å². The van der Waals surface area contributed by atoms with Crippen molar-refractivity contribution in [1.82, 2.24) is 18.4 Å². The van der Waals surface area contributed by atoms with E-state index in [1.165, 1.54) is 18.0 Å². The van der Waals surface area contributed by atoms with Gasteiger partial charge in [0, 0.05) is 13.1 Å². The molecule has 0 aromatic carbocycles. The molecule has 0 saturated carbocycles. The molecule has 0 bridgehead atoms. The van der Waals surface area contributed by atoms with Crippen molar-refractivity contribution in [3.63, 3.8) is 0 Å². The average Bonchev–Trinajstić information content (AvgIpc) is 2.91. The van der Waals surface area contributed by atoms with Gasteiger partial charge in [-0.2, -0.15) is 8.75 Å². The molecule has 1 saturated heterocycles. The SMILES string of the molecule is CCNC(CC1CCCN(S(C)(=O)=O)C1)c1cnsn1. The van der Waals surface area contributed by atoms with E-state index in [1.807, 2.05) is 0 Å². The summed E-state index contributed by atoms with van der Waals surface area (Å²) in [5.41, 5.74) is 0.966. The van der Waals surface area contributed by atoms with Gasteiger partial charge in [0.1, 0.15) is 0 Å². The zero-order valence-electron chi connectivity index (χ0n) is 11.9. The molecule has 1 aromatic rings. The molecule has 0 amide bonds. The van der Waals surface area contributed by atoms with Crippen LogP contribution in [0.2, 0.25) is 0 Å². The molecule has 114 valence electrons. The van der Waals surface area contributed by atoms with Crippen LogP contribution in [0, 0.1) is 5.92 Å². The van der Waals surface area contributed by atoms with Gasteiger partial charge in [-0.3, -0.25) is 0 Å². The summed E-state index contributed by atoms with van der Waals surface area (Å²) in [7, 11) is -3.07. The molecule has 2 unspecified atom stereocenters. The normalized spacial score (nSPS) is 22.8. The maximum absolute atomic E-state index is 11.7. The fraction of sp³-hybridized carbons (Fsp3) is 0.833. The minimum absolute atomic E-state index is 0.170. The van der Waals surface area contributed by atoms with Gasteiger partial charge in [-0.15, -0.1) is 0 Å². The lowest BCUT2D eigenvalue weighted by Gasteiger charge is -2.32. The van der Waals surface area contributed by atoms with Gasteiger partial charge in [-0.05, 0) is 31.7 Å². The summed E-state index contributed by atoms with van der Waals surface area (Å²) in [6.07, 6.45) is 6.01. The Hall–Kier alpha value is -0.570. The number of nitrogens with zero attached hydrogens (tertiary/aromatic N) is 3. The van der Waals surface area contributed by atoms with Gasteiger partial charge in [0.2, 0.25) is 10.0 Å². The Balaban J connectivity index is 2.00. The van der Waals surface area contributed by atoms with Crippen LogP contribution in [-0.2, 0) is 10.0 Å². The molecule has 1 fully saturated rings. The molecule has 1 aromatic heterocycles. The number of hydrogen-bond donors (Lipinski definition) is 1. The summed E-state index contributed by atoms with van der Waals surface area (Å²) in [6, 6.07) is 0.170. The minimum Gasteiger partial charge on any atom is -0.309 e. The Bertz CT molecular complexity index is 504. The minimum atomic E-state index is -3.07. The Morgan fingerprint density at radius 3 is 3.00 bits per heavy atom. The maximum atomic E-state index is 11.7. The second kappa shape index (κ2) is 6.93. The molecule has 6 nitrogen and oxygen atoms in total. The first kappa shape index (κ1) is 15.8. The van der Waals surface area contributed by atoms with Crippen LogP contribution in [-0.4, -0.2) is 47.4 Å². The second-order valence-corrected chi connectivity index (χ2v) is 7.85. The van der Waals surface area contributed by atoms with Crippen molar-refractivity contribution in [1.29, 1.82) is 0 Å². The van der Waals surface area contributed by atoms with E-state index in [0.717, 1.165) is 31.5 Å². The van der Waals surface area contributed by atoms with Gasteiger partial charge in [0.15, 0.2) is 0 Å². The van der Waals surface area contributed by atoms with Crippen LogP contribution in [0.3, 0.4) is 0 Å². The summed E-state index contributed by atoms with van der Waals surface area (Å²) >= 11 is 1.21. The van der Waals surface area contributed by atoms with Crippen molar-refractivity contribution >= 4 is 21.8 Å². The van der Waals surface area contributed by atoms with Crippen molar-refractivity contribution in [2.24, 2.45) is 5.92 Å². The standard InChI is InChI=1S/C12H22N4O2S2/c1-3-13-11(12-8-14-19-15-12)7-10-5-4-6-16(9-10)20(2,17)18/h8,10-11,13H,3-7,9H2,1-2H3. The third-order valence-corrected chi connectivity index (χ3v) is 5.47. The number of sulfonamides is 1. The first-order valence-electron chi connectivity index (χ1n) is 6.96. The Labute approximate surface area is 125 Å². The fourth-order valence-electron chi connectivity index (χ4n) is 2.73. The number of hydrogen-bond acceptors (Lipinski definition) is 6. The molecular formula is C12H22N4O2S2. The van der Waals surface area contributed by atoms with Gasteiger partial charge in [0.05, 0.1) is 35.9 Å². The molecule has 0 aliphatic carbocycles. The largest absolute Gasteiger partial charge is 0.309 e. The quantitative estimate of drug-likeness (QED) is 0.854. The molecule has 0 spiro atoms. The van der Waals surface area contributed by atoms with Crippen LogP contribution in [0.4, 0.5) is 0 Å². The van der Waals surface area contributed by atoms with Crippen molar-refractivity contribution in [3.05, 3.63) is 11.9 Å². The zero-order chi connectivity index (χ0) is 14.6. The number of rotatable bonds is 6. The highest BCUT2D eigenvalue weighted by molar-refractivity contribution is 7.88. The molecule has 20 heavy (non-hydrogen) atoms.